The largest absolute Gasteiger partial charge is 0.284 e. The van der Waals surface area contributed by atoms with Gasteiger partial charge in [0.05, 0.1) is 18.3 Å². The lowest BCUT2D eigenvalue weighted by molar-refractivity contribution is 0.182. The van der Waals surface area contributed by atoms with E-state index in [0.717, 1.165) is 10.8 Å². The predicted octanol–water partition coefficient (Wildman–Crippen LogP) is 2.23. The zero-order valence-electron chi connectivity index (χ0n) is 11.2. The van der Waals surface area contributed by atoms with Gasteiger partial charge in [0, 0.05) is 11.4 Å². The van der Waals surface area contributed by atoms with E-state index in [2.05, 4.69) is 17.0 Å². The van der Waals surface area contributed by atoms with Crippen LogP contribution in [0.4, 0.5) is 0 Å². The number of benzene rings is 1. The molecule has 1 aliphatic rings. The van der Waals surface area contributed by atoms with Gasteiger partial charge in [-0.1, -0.05) is 31.0 Å². The molecule has 1 heterocycles. The maximum atomic E-state index is 12.4. The number of nitrogens with zero attached hydrogens (tertiary/aromatic N) is 3. The van der Waals surface area contributed by atoms with Crippen LogP contribution in [0.3, 0.4) is 0 Å². The van der Waals surface area contributed by atoms with Crippen molar-refractivity contribution in [3.05, 3.63) is 40.8 Å². The van der Waals surface area contributed by atoms with Crippen LogP contribution in [0.25, 0.3) is 10.8 Å². The molecule has 19 heavy (non-hydrogen) atoms. The number of fused-ring (bicyclic) bond motifs is 1. The number of aromatic nitrogens is 2. The van der Waals surface area contributed by atoms with Crippen molar-refractivity contribution in [2.75, 3.05) is 7.05 Å². The maximum absolute atomic E-state index is 12.4. The third-order valence-corrected chi connectivity index (χ3v) is 4.07. The fourth-order valence-electron chi connectivity index (χ4n) is 2.90. The molecule has 0 unspecified atom stereocenters. The highest BCUT2D eigenvalue weighted by Gasteiger charge is 2.20. The molecule has 1 aromatic carbocycles. The van der Waals surface area contributed by atoms with E-state index in [-0.39, 0.29) is 5.56 Å². The molecule has 1 fully saturated rings. The summed E-state index contributed by atoms with van der Waals surface area (Å²) >= 11 is 0. The molecular weight excluding hydrogens is 238 g/mol. The zero-order chi connectivity index (χ0) is 13.2. The zero-order valence-corrected chi connectivity index (χ0v) is 11.2. The second-order valence-electron chi connectivity index (χ2n) is 5.37. The molecule has 0 saturated heterocycles. The van der Waals surface area contributed by atoms with Crippen molar-refractivity contribution in [2.24, 2.45) is 0 Å². The Morgan fingerprint density at radius 2 is 2.05 bits per heavy atom. The first-order valence-electron chi connectivity index (χ1n) is 6.91. The minimum atomic E-state index is 0.00273. The topological polar surface area (TPSA) is 38.1 Å². The lowest BCUT2D eigenvalue weighted by Crippen LogP contribution is -2.36. The second-order valence-corrected chi connectivity index (χ2v) is 5.37. The summed E-state index contributed by atoms with van der Waals surface area (Å²) < 4.78 is 1.57. The number of hydrogen-bond donors (Lipinski definition) is 0. The average Bonchev–Trinajstić information content (AvgIpc) is 2.96. The fourth-order valence-corrected chi connectivity index (χ4v) is 2.90. The highest BCUT2D eigenvalue weighted by molar-refractivity contribution is 5.80. The van der Waals surface area contributed by atoms with Crippen molar-refractivity contribution in [1.29, 1.82) is 0 Å². The van der Waals surface area contributed by atoms with Gasteiger partial charge in [-0.15, -0.1) is 0 Å². The van der Waals surface area contributed by atoms with Crippen molar-refractivity contribution in [1.82, 2.24) is 14.7 Å². The average molecular weight is 257 g/mol. The summed E-state index contributed by atoms with van der Waals surface area (Å²) in [6, 6.07) is 8.22. The maximum Gasteiger partial charge on any atom is 0.275 e. The molecule has 0 atom stereocenters. The molecule has 1 saturated carbocycles. The summed E-state index contributed by atoms with van der Waals surface area (Å²) in [4.78, 5) is 14.6. The lowest BCUT2D eigenvalue weighted by Gasteiger charge is -2.24. The second kappa shape index (κ2) is 5.13. The van der Waals surface area contributed by atoms with Crippen LogP contribution in [0.1, 0.15) is 25.7 Å². The van der Waals surface area contributed by atoms with Crippen molar-refractivity contribution in [2.45, 2.75) is 38.4 Å². The van der Waals surface area contributed by atoms with Crippen LogP contribution in [-0.4, -0.2) is 27.8 Å². The van der Waals surface area contributed by atoms with Gasteiger partial charge < -0.3 is 0 Å². The Morgan fingerprint density at radius 1 is 1.32 bits per heavy atom. The van der Waals surface area contributed by atoms with Crippen LogP contribution < -0.4 is 5.56 Å². The highest BCUT2D eigenvalue weighted by atomic mass is 16.1. The Morgan fingerprint density at radius 3 is 2.84 bits per heavy atom. The smallest absolute Gasteiger partial charge is 0.275 e. The van der Waals surface area contributed by atoms with Gasteiger partial charge in [-0.3, -0.25) is 9.69 Å². The van der Waals surface area contributed by atoms with E-state index in [4.69, 9.17) is 0 Å². The lowest BCUT2D eigenvalue weighted by atomic mass is 10.2. The summed E-state index contributed by atoms with van der Waals surface area (Å²) in [6.07, 6.45) is 6.85. The Labute approximate surface area is 112 Å². The standard InChI is InChI=1S/C15H19N3O/c1-17(13-7-3-4-8-13)11-18-15(19)14-9-5-2-6-12(14)10-16-18/h2,5-6,9-10,13H,3-4,7-8,11H2,1H3. The summed E-state index contributed by atoms with van der Waals surface area (Å²) in [7, 11) is 2.08. The van der Waals surface area contributed by atoms with E-state index >= 15 is 0 Å². The molecule has 2 aromatic rings. The molecule has 0 aliphatic heterocycles. The first-order valence-corrected chi connectivity index (χ1v) is 6.91. The highest BCUT2D eigenvalue weighted by Crippen LogP contribution is 2.22. The molecule has 100 valence electrons. The fraction of sp³-hybridized carbons (Fsp3) is 0.467. The molecule has 0 spiro atoms. The van der Waals surface area contributed by atoms with E-state index in [1.165, 1.54) is 25.7 Å². The Balaban J connectivity index is 1.88. The van der Waals surface area contributed by atoms with E-state index in [0.29, 0.717) is 12.7 Å². The molecule has 0 N–H and O–H groups in total. The molecule has 0 amide bonds. The van der Waals surface area contributed by atoms with E-state index in [9.17, 15) is 4.79 Å². The van der Waals surface area contributed by atoms with Crippen molar-refractivity contribution < 1.29 is 0 Å². The van der Waals surface area contributed by atoms with Crippen molar-refractivity contribution in [3.8, 4) is 0 Å². The summed E-state index contributed by atoms with van der Waals surface area (Å²) in [5.41, 5.74) is 0.00273. The Kier molecular flexibility index (Phi) is 3.34. The molecule has 4 heteroatoms. The van der Waals surface area contributed by atoms with Crippen LogP contribution in [0.15, 0.2) is 35.3 Å². The third-order valence-electron chi connectivity index (χ3n) is 4.07. The SMILES string of the molecule is CN(Cn1ncc2ccccc2c1=O)C1CCCC1. The van der Waals surface area contributed by atoms with Crippen LogP contribution in [-0.2, 0) is 6.67 Å². The molecule has 1 aliphatic carbocycles. The van der Waals surface area contributed by atoms with Gasteiger partial charge in [-0.2, -0.15) is 5.10 Å². The van der Waals surface area contributed by atoms with Gasteiger partial charge in [0.25, 0.3) is 5.56 Å². The normalized spacial score (nSPS) is 16.5. The quantitative estimate of drug-likeness (QED) is 0.846. The minimum absolute atomic E-state index is 0.00273. The van der Waals surface area contributed by atoms with Crippen LogP contribution in [0.5, 0.6) is 0 Å². The van der Waals surface area contributed by atoms with E-state index < -0.39 is 0 Å². The van der Waals surface area contributed by atoms with Crippen LogP contribution >= 0.6 is 0 Å². The van der Waals surface area contributed by atoms with Crippen molar-refractivity contribution in [3.63, 3.8) is 0 Å². The minimum Gasteiger partial charge on any atom is -0.284 e. The van der Waals surface area contributed by atoms with Gasteiger partial charge in [-0.25, -0.2) is 4.68 Å². The summed E-state index contributed by atoms with van der Waals surface area (Å²) in [5.74, 6) is 0. The molecule has 3 rings (SSSR count). The van der Waals surface area contributed by atoms with E-state index in [1.807, 2.05) is 24.3 Å². The first-order chi connectivity index (χ1) is 9.25. The van der Waals surface area contributed by atoms with Crippen LogP contribution in [0.2, 0.25) is 0 Å². The van der Waals surface area contributed by atoms with Gasteiger partial charge in [0.2, 0.25) is 0 Å². The van der Waals surface area contributed by atoms with E-state index in [1.54, 1.807) is 10.9 Å². The Bertz CT molecular complexity index is 629. The third kappa shape index (κ3) is 2.40. The molecule has 0 radical (unpaired) electrons. The number of hydrogen-bond acceptors (Lipinski definition) is 3. The van der Waals surface area contributed by atoms with Crippen LogP contribution in [0, 0.1) is 0 Å². The van der Waals surface area contributed by atoms with Gasteiger partial charge >= 0.3 is 0 Å². The monoisotopic (exact) mass is 257 g/mol. The predicted molar refractivity (Wildman–Crippen MR) is 76.0 cm³/mol. The molecule has 4 nitrogen and oxygen atoms in total. The van der Waals surface area contributed by atoms with Crippen molar-refractivity contribution >= 4 is 10.8 Å². The molecule has 0 bridgehead atoms. The van der Waals surface area contributed by atoms with Gasteiger partial charge in [0.15, 0.2) is 0 Å². The summed E-state index contributed by atoms with van der Waals surface area (Å²) in [6.45, 7) is 0.578. The van der Waals surface area contributed by atoms with Gasteiger partial charge in [-0.05, 0) is 26.0 Å². The molecule has 1 aromatic heterocycles. The Hall–Kier alpha value is -1.68. The number of rotatable bonds is 3. The first kappa shape index (κ1) is 12.4. The van der Waals surface area contributed by atoms with Gasteiger partial charge in [0.1, 0.15) is 0 Å². The summed E-state index contributed by atoms with van der Waals surface area (Å²) in [5, 5.41) is 5.94. The molecular formula is C15H19N3O.